The summed E-state index contributed by atoms with van der Waals surface area (Å²) in [6.45, 7) is -0.625. The fourth-order valence-corrected chi connectivity index (χ4v) is 2.82. The zero-order valence-corrected chi connectivity index (χ0v) is 13.3. The van der Waals surface area contributed by atoms with Gasteiger partial charge in [0.15, 0.2) is 0 Å². The first kappa shape index (κ1) is 18.3. The molecule has 1 saturated heterocycles. The third kappa shape index (κ3) is 3.16. The maximum absolute atomic E-state index is 11.7. The van der Waals surface area contributed by atoms with E-state index < -0.39 is 48.8 Å². The Bertz CT molecular complexity index is 878. The Hall–Kier alpha value is -2.50. The standard InChI is InChI=1S/C16H17NO9/c18-5-9-12(20)13(21)14(22)16(26-9)25-8-3-1-2-6-7(15(23)24)4-10(19)17-11(6)8/h1-4,9,12-14,16,18,20-22H,5H2,(H,17,19)(H,23,24). The lowest BCUT2D eigenvalue weighted by Gasteiger charge is -2.39. The van der Waals surface area contributed by atoms with Crippen LogP contribution in [0.3, 0.4) is 0 Å². The van der Waals surface area contributed by atoms with Gasteiger partial charge in [-0.05, 0) is 6.07 Å². The van der Waals surface area contributed by atoms with Crippen molar-refractivity contribution in [2.45, 2.75) is 30.7 Å². The van der Waals surface area contributed by atoms with Gasteiger partial charge in [-0.3, -0.25) is 4.79 Å². The van der Waals surface area contributed by atoms with Crippen molar-refractivity contribution in [1.29, 1.82) is 0 Å². The summed E-state index contributed by atoms with van der Waals surface area (Å²) < 4.78 is 10.8. The van der Waals surface area contributed by atoms with E-state index in [1.165, 1.54) is 18.2 Å². The molecular formula is C16H17NO9. The number of benzene rings is 1. The minimum Gasteiger partial charge on any atom is -0.478 e. The van der Waals surface area contributed by atoms with Gasteiger partial charge in [0.2, 0.25) is 11.8 Å². The number of ether oxygens (including phenoxy) is 2. The van der Waals surface area contributed by atoms with E-state index in [4.69, 9.17) is 9.47 Å². The zero-order valence-electron chi connectivity index (χ0n) is 13.3. The molecule has 1 aliphatic heterocycles. The van der Waals surface area contributed by atoms with Crippen LogP contribution >= 0.6 is 0 Å². The van der Waals surface area contributed by atoms with Crippen molar-refractivity contribution >= 4 is 16.9 Å². The molecule has 1 aromatic carbocycles. The first-order valence-electron chi connectivity index (χ1n) is 7.70. The number of aliphatic hydroxyl groups is 4. The van der Waals surface area contributed by atoms with E-state index in [1.54, 1.807) is 0 Å². The monoisotopic (exact) mass is 367 g/mol. The Balaban J connectivity index is 2.01. The number of rotatable bonds is 4. The van der Waals surface area contributed by atoms with E-state index in [0.29, 0.717) is 0 Å². The van der Waals surface area contributed by atoms with Crippen LogP contribution in [-0.2, 0) is 4.74 Å². The van der Waals surface area contributed by atoms with Crippen molar-refractivity contribution in [2.75, 3.05) is 6.61 Å². The molecule has 140 valence electrons. The molecule has 0 bridgehead atoms. The van der Waals surface area contributed by atoms with Crippen LogP contribution in [0.25, 0.3) is 10.9 Å². The average molecular weight is 367 g/mol. The summed E-state index contributed by atoms with van der Waals surface area (Å²) in [6.07, 6.45) is -7.44. The fourth-order valence-electron chi connectivity index (χ4n) is 2.82. The van der Waals surface area contributed by atoms with Crippen LogP contribution in [0.4, 0.5) is 0 Å². The molecule has 0 radical (unpaired) electrons. The highest BCUT2D eigenvalue weighted by atomic mass is 16.7. The molecule has 1 aliphatic rings. The Morgan fingerprint density at radius 2 is 1.92 bits per heavy atom. The number of aromatic amines is 1. The molecule has 6 N–H and O–H groups in total. The van der Waals surface area contributed by atoms with Gasteiger partial charge < -0.3 is 40.0 Å². The predicted octanol–water partition coefficient (Wildman–Crippen LogP) is -1.59. The van der Waals surface area contributed by atoms with E-state index in [-0.39, 0.29) is 22.2 Å². The highest BCUT2D eigenvalue weighted by molar-refractivity contribution is 6.03. The van der Waals surface area contributed by atoms with Crippen molar-refractivity contribution in [2.24, 2.45) is 0 Å². The quantitative estimate of drug-likeness (QED) is 0.373. The van der Waals surface area contributed by atoms with Crippen molar-refractivity contribution < 1.29 is 39.8 Å². The van der Waals surface area contributed by atoms with Gasteiger partial charge in [-0.15, -0.1) is 0 Å². The van der Waals surface area contributed by atoms with Gasteiger partial charge in [0.1, 0.15) is 30.2 Å². The summed E-state index contributed by atoms with van der Waals surface area (Å²) >= 11 is 0. The lowest BCUT2D eigenvalue weighted by molar-refractivity contribution is -0.277. The Labute approximate surface area is 145 Å². The van der Waals surface area contributed by atoms with Gasteiger partial charge in [0.05, 0.1) is 17.7 Å². The first-order valence-corrected chi connectivity index (χ1v) is 7.70. The highest BCUT2D eigenvalue weighted by Crippen LogP contribution is 2.29. The number of hydrogen-bond donors (Lipinski definition) is 6. The number of hydrogen-bond acceptors (Lipinski definition) is 8. The molecule has 1 fully saturated rings. The Morgan fingerprint density at radius 3 is 2.58 bits per heavy atom. The van der Waals surface area contributed by atoms with Crippen molar-refractivity contribution in [3.63, 3.8) is 0 Å². The topological polar surface area (TPSA) is 170 Å². The summed E-state index contributed by atoms with van der Waals surface area (Å²) in [6, 6.07) is 5.29. The smallest absolute Gasteiger partial charge is 0.336 e. The molecule has 2 heterocycles. The molecule has 10 heteroatoms. The van der Waals surface area contributed by atoms with Gasteiger partial charge in [-0.25, -0.2) is 4.79 Å². The largest absolute Gasteiger partial charge is 0.478 e. The number of carbonyl (C=O) groups is 1. The molecule has 1 aromatic heterocycles. The maximum Gasteiger partial charge on any atom is 0.336 e. The second-order valence-corrected chi connectivity index (χ2v) is 5.85. The molecule has 0 aliphatic carbocycles. The Kier molecular flexibility index (Phi) is 4.94. The number of para-hydroxylation sites is 1. The summed E-state index contributed by atoms with van der Waals surface area (Å²) in [7, 11) is 0. The maximum atomic E-state index is 11.7. The van der Waals surface area contributed by atoms with Gasteiger partial charge in [-0.2, -0.15) is 0 Å². The van der Waals surface area contributed by atoms with Gasteiger partial charge in [0.25, 0.3) is 0 Å². The summed E-state index contributed by atoms with van der Waals surface area (Å²) in [5.41, 5.74) is -0.836. The number of nitrogens with one attached hydrogen (secondary N) is 1. The number of aromatic carboxylic acids is 1. The van der Waals surface area contributed by atoms with Crippen LogP contribution in [0.2, 0.25) is 0 Å². The van der Waals surface area contributed by atoms with Gasteiger partial charge in [-0.1, -0.05) is 12.1 Å². The minimum atomic E-state index is -1.64. The molecule has 0 amide bonds. The van der Waals surface area contributed by atoms with Crippen LogP contribution in [0.15, 0.2) is 29.1 Å². The SMILES string of the molecule is O=C(O)c1cc(=O)[nH]c2c(OC3OC(CO)C(O)C(O)C3O)cccc12. The lowest BCUT2D eigenvalue weighted by Crippen LogP contribution is -2.60. The van der Waals surface area contributed by atoms with Crippen LogP contribution in [0.1, 0.15) is 10.4 Å². The van der Waals surface area contributed by atoms with Gasteiger partial charge >= 0.3 is 5.97 Å². The summed E-state index contributed by atoms with van der Waals surface area (Å²) in [5.74, 6) is -1.31. The molecule has 3 rings (SSSR count). The predicted molar refractivity (Wildman–Crippen MR) is 85.9 cm³/mol. The average Bonchev–Trinajstić information content (AvgIpc) is 2.61. The number of H-pyrrole nitrogens is 1. The molecule has 2 aromatic rings. The number of carboxylic acids is 1. The van der Waals surface area contributed by atoms with Crippen molar-refractivity contribution in [3.05, 3.63) is 40.2 Å². The van der Waals surface area contributed by atoms with Crippen LogP contribution < -0.4 is 10.3 Å². The normalized spacial score (nSPS) is 28.8. The van der Waals surface area contributed by atoms with Crippen LogP contribution in [0.5, 0.6) is 5.75 Å². The van der Waals surface area contributed by atoms with Crippen molar-refractivity contribution in [3.8, 4) is 5.75 Å². The molecule has 0 saturated carbocycles. The Morgan fingerprint density at radius 1 is 1.19 bits per heavy atom. The molecule has 10 nitrogen and oxygen atoms in total. The fraction of sp³-hybridized carbons (Fsp3) is 0.375. The number of fused-ring (bicyclic) bond motifs is 1. The number of aliphatic hydroxyl groups excluding tert-OH is 4. The number of aromatic nitrogens is 1. The third-order valence-corrected chi connectivity index (χ3v) is 4.16. The van der Waals surface area contributed by atoms with E-state index in [2.05, 4.69) is 4.98 Å². The first-order chi connectivity index (χ1) is 12.3. The number of carboxylic acid groups (broad SMARTS) is 1. The summed E-state index contributed by atoms with van der Waals surface area (Å²) in [4.78, 5) is 25.5. The molecule has 5 unspecified atom stereocenters. The van der Waals surface area contributed by atoms with Crippen molar-refractivity contribution in [1.82, 2.24) is 4.98 Å². The van der Waals surface area contributed by atoms with Gasteiger partial charge in [0, 0.05) is 11.5 Å². The van der Waals surface area contributed by atoms with E-state index in [9.17, 15) is 35.1 Å². The highest BCUT2D eigenvalue weighted by Gasteiger charge is 2.44. The second-order valence-electron chi connectivity index (χ2n) is 5.85. The number of pyridine rings is 1. The zero-order chi connectivity index (χ0) is 19.0. The van der Waals surface area contributed by atoms with E-state index in [1.807, 2.05) is 0 Å². The molecule has 5 atom stereocenters. The van der Waals surface area contributed by atoms with E-state index >= 15 is 0 Å². The second kappa shape index (κ2) is 7.02. The summed E-state index contributed by atoms with van der Waals surface area (Å²) in [5, 5.41) is 48.3. The van der Waals surface area contributed by atoms with E-state index in [0.717, 1.165) is 6.07 Å². The van der Waals surface area contributed by atoms with Crippen LogP contribution in [-0.4, -0.2) is 73.8 Å². The van der Waals surface area contributed by atoms with Crippen LogP contribution in [0, 0.1) is 0 Å². The molecule has 0 spiro atoms. The molecular weight excluding hydrogens is 350 g/mol. The third-order valence-electron chi connectivity index (χ3n) is 4.16. The minimum absolute atomic E-state index is 0.00738. The lowest BCUT2D eigenvalue weighted by atomic mass is 9.99. The molecule has 26 heavy (non-hydrogen) atoms.